The van der Waals surface area contributed by atoms with Crippen molar-refractivity contribution >= 4 is 33.3 Å². The summed E-state index contributed by atoms with van der Waals surface area (Å²) < 4.78 is 47.4. The number of sulfonamides is 1. The average Bonchev–Trinajstić information content (AvgIpc) is 2.96. The number of fused-ring (bicyclic) bond motifs is 1. The van der Waals surface area contributed by atoms with Crippen molar-refractivity contribution in [2.45, 2.75) is 30.9 Å². The van der Waals surface area contributed by atoms with Crippen LogP contribution in [0.3, 0.4) is 0 Å². The Hall–Kier alpha value is -4.00. The zero-order valence-corrected chi connectivity index (χ0v) is 23.8. The van der Waals surface area contributed by atoms with Crippen LogP contribution in [0.4, 0.5) is 20.6 Å². The average molecular weight is 585 g/mol. The molecule has 0 bridgehead atoms. The number of hydrogen-bond donors (Lipinski definition) is 3. The number of para-hydroxylation sites is 1. The molecule has 10 nitrogen and oxygen atoms in total. The lowest BCUT2D eigenvalue weighted by atomic mass is 9.99. The third kappa shape index (κ3) is 6.84. The van der Waals surface area contributed by atoms with Crippen molar-refractivity contribution < 1.29 is 32.2 Å². The van der Waals surface area contributed by atoms with Gasteiger partial charge in [0.05, 0.1) is 35.3 Å². The molecular formula is C29H33FN4O6S. The topological polar surface area (TPSA) is 128 Å². The van der Waals surface area contributed by atoms with Gasteiger partial charge in [-0.05, 0) is 55.5 Å². The summed E-state index contributed by atoms with van der Waals surface area (Å²) in [6, 6.07) is 16.8. The number of aliphatic hydroxyl groups is 1. The molecule has 0 aromatic heterocycles. The summed E-state index contributed by atoms with van der Waals surface area (Å²) in [6.45, 7) is 3.42. The summed E-state index contributed by atoms with van der Waals surface area (Å²) in [5, 5.41) is 15.2. The van der Waals surface area contributed by atoms with Crippen LogP contribution >= 0.6 is 0 Å². The zero-order chi connectivity index (χ0) is 29.7. The van der Waals surface area contributed by atoms with Gasteiger partial charge in [0.2, 0.25) is 10.0 Å². The molecule has 0 aliphatic carbocycles. The van der Waals surface area contributed by atoms with Crippen LogP contribution in [-0.2, 0) is 10.0 Å². The molecule has 3 N–H and O–H groups in total. The van der Waals surface area contributed by atoms with Gasteiger partial charge < -0.3 is 25.4 Å². The predicted octanol–water partition coefficient (Wildman–Crippen LogP) is 4.01. The smallest absolute Gasteiger partial charge is 0.323 e. The molecule has 0 saturated carbocycles. The first-order valence-electron chi connectivity index (χ1n) is 13.1. The maximum atomic E-state index is 13.6. The number of halogens is 1. The van der Waals surface area contributed by atoms with E-state index in [2.05, 4.69) is 10.6 Å². The molecule has 0 saturated heterocycles. The van der Waals surface area contributed by atoms with Gasteiger partial charge in [0.25, 0.3) is 5.91 Å². The van der Waals surface area contributed by atoms with Crippen molar-refractivity contribution in [1.82, 2.24) is 9.21 Å². The number of likely N-dealkylation sites (N-methyl/N-ethyl adjacent to an activating group) is 1. The van der Waals surface area contributed by atoms with E-state index in [0.29, 0.717) is 5.69 Å². The second kappa shape index (κ2) is 12.7. The first kappa shape index (κ1) is 30.0. The molecule has 0 unspecified atom stereocenters. The summed E-state index contributed by atoms with van der Waals surface area (Å²) in [5.41, 5.74) is 0.678. The van der Waals surface area contributed by atoms with E-state index in [-0.39, 0.29) is 47.5 Å². The molecule has 4 rings (SSSR count). The van der Waals surface area contributed by atoms with E-state index in [0.717, 1.165) is 0 Å². The third-order valence-electron chi connectivity index (χ3n) is 6.93. The fourth-order valence-electron chi connectivity index (χ4n) is 4.50. The number of ether oxygens (including phenoxy) is 1. The molecule has 3 amide bonds. The number of nitrogens with zero attached hydrogens (tertiary/aromatic N) is 2. The minimum atomic E-state index is -3.85. The predicted molar refractivity (Wildman–Crippen MR) is 153 cm³/mol. The summed E-state index contributed by atoms with van der Waals surface area (Å²) >= 11 is 0. The molecule has 0 fully saturated rings. The van der Waals surface area contributed by atoms with E-state index in [1.165, 1.54) is 52.7 Å². The number of amides is 3. The third-order valence-corrected chi connectivity index (χ3v) is 8.77. The number of aliphatic hydroxyl groups excluding tert-OH is 1. The monoisotopic (exact) mass is 584 g/mol. The number of benzene rings is 3. The lowest BCUT2D eigenvalue weighted by molar-refractivity contribution is 0.0389. The molecule has 3 atom stereocenters. The number of anilines is 2. The van der Waals surface area contributed by atoms with Crippen LogP contribution in [-0.4, -0.2) is 73.6 Å². The molecule has 218 valence electrons. The number of rotatable bonds is 8. The van der Waals surface area contributed by atoms with E-state index in [1.54, 1.807) is 43.3 Å². The maximum Gasteiger partial charge on any atom is 0.323 e. The summed E-state index contributed by atoms with van der Waals surface area (Å²) in [5.74, 6) is -1.15. The van der Waals surface area contributed by atoms with Gasteiger partial charge in [-0.1, -0.05) is 31.2 Å². The van der Waals surface area contributed by atoms with E-state index < -0.39 is 39.9 Å². The SMILES string of the molecule is C[C@H](CO)N1C[C@H](C)[C@H](CN(C)S(=O)(=O)c2ccccc2)Oc2c(NC(=O)Nc3ccc(F)cc3)cccc2C1=O. The molecule has 41 heavy (non-hydrogen) atoms. The standard InChI is InChI=1S/C29H33FN4O6S/c1-19-16-34(20(2)18-35)28(36)24-10-7-11-25(32-29(37)31-22-14-12-21(30)13-15-22)27(24)40-26(19)17-33(3)41(38,39)23-8-5-4-6-9-23/h4-15,19-20,26,35H,16-18H2,1-3H3,(H2,31,32,37)/t19-,20+,26-/m0/s1. The minimum Gasteiger partial charge on any atom is -0.486 e. The summed E-state index contributed by atoms with van der Waals surface area (Å²) in [6.07, 6.45) is -0.734. The largest absolute Gasteiger partial charge is 0.486 e. The Balaban J connectivity index is 1.68. The van der Waals surface area contributed by atoms with Crippen LogP contribution in [0.25, 0.3) is 0 Å². The van der Waals surface area contributed by atoms with E-state index in [4.69, 9.17) is 4.74 Å². The highest BCUT2D eigenvalue weighted by atomic mass is 32.2. The van der Waals surface area contributed by atoms with Crippen molar-refractivity contribution in [3.05, 3.63) is 84.2 Å². The Kier molecular flexibility index (Phi) is 9.26. The number of nitrogens with one attached hydrogen (secondary N) is 2. The Labute approximate surface area is 238 Å². The second-order valence-corrected chi connectivity index (χ2v) is 12.0. The molecule has 12 heteroatoms. The Morgan fingerprint density at radius 3 is 2.44 bits per heavy atom. The van der Waals surface area contributed by atoms with E-state index >= 15 is 0 Å². The number of urea groups is 1. The van der Waals surface area contributed by atoms with Crippen LogP contribution < -0.4 is 15.4 Å². The molecule has 3 aromatic rings. The van der Waals surface area contributed by atoms with Crippen LogP contribution in [0.1, 0.15) is 24.2 Å². The molecule has 1 aliphatic heterocycles. The van der Waals surface area contributed by atoms with Crippen molar-refractivity contribution in [1.29, 1.82) is 0 Å². The van der Waals surface area contributed by atoms with Gasteiger partial charge in [-0.25, -0.2) is 17.6 Å². The number of hydrogen-bond acceptors (Lipinski definition) is 6. The second-order valence-electron chi connectivity index (χ2n) is 9.99. The quantitative estimate of drug-likeness (QED) is 0.367. The first-order valence-corrected chi connectivity index (χ1v) is 14.5. The van der Waals surface area contributed by atoms with Crippen molar-refractivity contribution in [2.75, 3.05) is 37.4 Å². The summed E-state index contributed by atoms with van der Waals surface area (Å²) in [7, 11) is -2.39. The number of carbonyl (C=O) groups excluding carboxylic acids is 2. The lowest BCUT2D eigenvalue weighted by Crippen LogP contribution is -2.50. The normalized spacial score (nSPS) is 18.1. The lowest BCUT2D eigenvalue weighted by Gasteiger charge is -2.38. The summed E-state index contributed by atoms with van der Waals surface area (Å²) in [4.78, 5) is 28.1. The van der Waals surface area contributed by atoms with Gasteiger partial charge in [0.15, 0.2) is 5.75 Å². The maximum absolute atomic E-state index is 13.6. The molecule has 0 spiro atoms. The highest BCUT2D eigenvalue weighted by Crippen LogP contribution is 2.35. The Bertz CT molecular complexity index is 1490. The minimum absolute atomic E-state index is 0.0521. The molecule has 1 heterocycles. The molecule has 3 aromatic carbocycles. The molecule has 1 aliphatic rings. The van der Waals surface area contributed by atoms with Gasteiger partial charge in [-0.3, -0.25) is 4.79 Å². The van der Waals surface area contributed by atoms with Gasteiger partial charge in [0.1, 0.15) is 11.9 Å². The zero-order valence-electron chi connectivity index (χ0n) is 23.0. The van der Waals surface area contributed by atoms with Gasteiger partial charge in [0, 0.05) is 25.2 Å². The Morgan fingerprint density at radius 2 is 1.78 bits per heavy atom. The van der Waals surface area contributed by atoms with Crippen molar-refractivity contribution in [2.24, 2.45) is 5.92 Å². The van der Waals surface area contributed by atoms with Crippen LogP contribution in [0.2, 0.25) is 0 Å². The molecular weight excluding hydrogens is 551 g/mol. The van der Waals surface area contributed by atoms with Gasteiger partial charge >= 0.3 is 6.03 Å². The van der Waals surface area contributed by atoms with Crippen LogP contribution in [0, 0.1) is 11.7 Å². The first-order chi connectivity index (χ1) is 19.5. The highest BCUT2D eigenvalue weighted by Gasteiger charge is 2.36. The van der Waals surface area contributed by atoms with Gasteiger partial charge in [-0.2, -0.15) is 4.31 Å². The Morgan fingerprint density at radius 1 is 1.10 bits per heavy atom. The van der Waals surface area contributed by atoms with E-state index in [9.17, 15) is 27.5 Å². The van der Waals surface area contributed by atoms with Crippen molar-refractivity contribution in [3.8, 4) is 5.75 Å². The highest BCUT2D eigenvalue weighted by molar-refractivity contribution is 7.89. The van der Waals surface area contributed by atoms with E-state index in [1.807, 2.05) is 6.92 Å². The molecule has 0 radical (unpaired) electrons. The fraction of sp³-hybridized carbons (Fsp3) is 0.310. The van der Waals surface area contributed by atoms with Crippen LogP contribution in [0.15, 0.2) is 77.7 Å². The van der Waals surface area contributed by atoms with Gasteiger partial charge in [-0.15, -0.1) is 0 Å². The number of carbonyl (C=O) groups is 2. The van der Waals surface area contributed by atoms with Crippen molar-refractivity contribution in [3.63, 3.8) is 0 Å². The van der Waals surface area contributed by atoms with Crippen LogP contribution in [0.5, 0.6) is 5.75 Å². The fourth-order valence-corrected chi connectivity index (χ4v) is 5.71.